The largest absolute Gasteiger partial charge is 0.481 e. The van der Waals surface area contributed by atoms with Gasteiger partial charge >= 0.3 is 5.97 Å². The number of imide groups is 1. The van der Waals surface area contributed by atoms with Crippen molar-refractivity contribution in [3.05, 3.63) is 65.7 Å². The molecule has 0 aliphatic carbocycles. The molecule has 0 radical (unpaired) electrons. The van der Waals surface area contributed by atoms with Crippen LogP contribution in [0.4, 0.5) is 5.69 Å². The van der Waals surface area contributed by atoms with Gasteiger partial charge in [-0.05, 0) is 37.1 Å². The first kappa shape index (κ1) is 22.2. The molecule has 2 heterocycles. The Kier molecular flexibility index (Phi) is 6.21. The van der Waals surface area contributed by atoms with Crippen molar-refractivity contribution in [3.8, 4) is 0 Å². The third kappa shape index (κ3) is 4.48. The molecule has 0 unspecified atom stereocenters. The number of hydrogen-bond donors (Lipinski definition) is 1. The Balaban J connectivity index is 1.52. The van der Waals surface area contributed by atoms with Crippen LogP contribution in [0.5, 0.6) is 0 Å². The molecular weight excluding hydrogens is 426 g/mol. The van der Waals surface area contributed by atoms with E-state index in [1.165, 1.54) is 21.9 Å². The zero-order valence-corrected chi connectivity index (χ0v) is 17.8. The van der Waals surface area contributed by atoms with E-state index in [1.54, 1.807) is 42.5 Å². The molecule has 2 aliphatic rings. The predicted octanol–water partition coefficient (Wildman–Crippen LogP) is 1.64. The lowest BCUT2D eigenvalue weighted by Crippen LogP contribution is -2.50. The van der Waals surface area contributed by atoms with E-state index in [0.29, 0.717) is 25.1 Å². The SMILES string of the molecule is O=C(O)[C@H]1CCCN(C(=O)CN(C(=O)CN2C(=O)c3ccccc3C2=O)c2ccccc2)C1. The van der Waals surface area contributed by atoms with Gasteiger partial charge in [-0.25, -0.2) is 0 Å². The van der Waals surface area contributed by atoms with Crippen LogP contribution in [-0.4, -0.2) is 70.7 Å². The normalized spacial score (nSPS) is 17.6. The van der Waals surface area contributed by atoms with Crippen LogP contribution in [0, 0.1) is 5.92 Å². The number of amides is 4. The number of rotatable bonds is 6. The maximum atomic E-state index is 13.2. The number of carbonyl (C=O) groups is 5. The smallest absolute Gasteiger partial charge is 0.308 e. The second-order valence-corrected chi connectivity index (χ2v) is 8.07. The molecule has 9 nitrogen and oxygen atoms in total. The Labute approximate surface area is 190 Å². The van der Waals surface area contributed by atoms with Gasteiger partial charge in [-0.2, -0.15) is 0 Å². The average Bonchev–Trinajstić information content (AvgIpc) is 3.08. The standard InChI is InChI=1S/C24H23N3O6/c28-20(25-12-6-7-16(13-25)24(32)33)14-26(17-8-2-1-3-9-17)21(29)15-27-22(30)18-10-4-5-11-19(18)23(27)31/h1-5,8-11,16H,6-7,12-15H2,(H,32,33)/t16-/m0/s1. The molecule has 1 atom stereocenters. The van der Waals surface area contributed by atoms with E-state index in [-0.39, 0.29) is 30.1 Å². The van der Waals surface area contributed by atoms with E-state index in [1.807, 2.05) is 0 Å². The van der Waals surface area contributed by atoms with Crippen LogP contribution < -0.4 is 4.90 Å². The van der Waals surface area contributed by atoms with Gasteiger partial charge in [-0.1, -0.05) is 30.3 Å². The van der Waals surface area contributed by atoms with Crippen LogP contribution in [0.3, 0.4) is 0 Å². The van der Waals surface area contributed by atoms with Crippen molar-refractivity contribution in [3.63, 3.8) is 0 Å². The molecule has 0 bridgehead atoms. The molecule has 1 saturated heterocycles. The summed E-state index contributed by atoms with van der Waals surface area (Å²) in [5.41, 5.74) is 0.926. The van der Waals surface area contributed by atoms with E-state index >= 15 is 0 Å². The lowest BCUT2D eigenvalue weighted by atomic mass is 9.98. The minimum Gasteiger partial charge on any atom is -0.481 e. The second-order valence-electron chi connectivity index (χ2n) is 8.07. The molecule has 170 valence electrons. The molecule has 2 aliphatic heterocycles. The third-order valence-corrected chi connectivity index (χ3v) is 5.96. The fourth-order valence-corrected chi connectivity index (χ4v) is 4.18. The number of nitrogens with zero attached hydrogens (tertiary/aromatic N) is 3. The van der Waals surface area contributed by atoms with Crippen molar-refractivity contribution in [1.29, 1.82) is 0 Å². The number of likely N-dealkylation sites (tertiary alicyclic amines) is 1. The number of piperidine rings is 1. The summed E-state index contributed by atoms with van der Waals surface area (Å²) in [6, 6.07) is 14.9. The molecule has 4 amide bonds. The molecule has 2 aromatic rings. The molecule has 33 heavy (non-hydrogen) atoms. The highest BCUT2D eigenvalue weighted by atomic mass is 16.4. The van der Waals surface area contributed by atoms with Crippen molar-refractivity contribution in [2.45, 2.75) is 12.8 Å². The molecule has 0 spiro atoms. The van der Waals surface area contributed by atoms with Gasteiger partial charge in [-0.3, -0.25) is 28.9 Å². The Morgan fingerprint density at radius 3 is 2.15 bits per heavy atom. The lowest BCUT2D eigenvalue weighted by Gasteiger charge is -2.33. The fourth-order valence-electron chi connectivity index (χ4n) is 4.18. The molecule has 9 heteroatoms. The number of hydrogen-bond acceptors (Lipinski definition) is 5. The summed E-state index contributed by atoms with van der Waals surface area (Å²) >= 11 is 0. The summed E-state index contributed by atoms with van der Waals surface area (Å²) in [5.74, 6) is -3.67. The maximum Gasteiger partial charge on any atom is 0.308 e. The first-order valence-electron chi connectivity index (χ1n) is 10.7. The van der Waals surface area contributed by atoms with Crippen molar-refractivity contribution >= 4 is 35.3 Å². The molecule has 0 saturated carbocycles. The van der Waals surface area contributed by atoms with Crippen LogP contribution in [0.25, 0.3) is 0 Å². The van der Waals surface area contributed by atoms with Gasteiger partial charge in [0.1, 0.15) is 13.1 Å². The number of carboxylic acid groups (broad SMARTS) is 1. The van der Waals surface area contributed by atoms with Gasteiger partial charge in [-0.15, -0.1) is 0 Å². The first-order valence-corrected chi connectivity index (χ1v) is 10.7. The van der Waals surface area contributed by atoms with Gasteiger partial charge in [0.25, 0.3) is 11.8 Å². The molecule has 2 aromatic carbocycles. The van der Waals surface area contributed by atoms with Gasteiger partial charge in [0.2, 0.25) is 11.8 Å². The van der Waals surface area contributed by atoms with Gasteiger partial charge in [0.15, 0.2) is 0 Å². The van der Waals surface area contributed by atoms with Crippen LogP contribution in [0.1, 0.15) is 33.6 Å². The molecule has 0 aromatic heterocycles. The van der Waals surface area contributed by atoms with Crippen LogP contribution in [-0.2, 0) is 14.4 Å². The topological polar surface area (TPSA) is 115 Å². The number of aliphatic carboxylic acids is 1. The van der Waals surface area contributed by atoms with E-state index < -0.39 is 36.2 Å². The second kappa shape index (κ2) is 9.23. The van der Waals surface area contributed by atoms with Gasteiger partial charge in [0.05, 0.1) is 17.0 Å². The third-order valence-electron chi connectivity index (χ3n) is 5.96. The zero-order valence-electron chi connectivity index (χ0n) is 17.8. The lowest BCUT2D eigenvalue weighted by molar-refractivity contribution is -0.145. The predicted molar refractivity (Wildman–Crippen MR) is 118 cm³/mol. The summed E-state index contributed by atoms with van der Waals surface area (Å²) in [5, 5.41) is 9.30. The molecular formula is C24H23N3O6. The van der Waals surface area contributed by atoms with Crippen molar-refractivity contribution in [2.24, 2.45) is 5.92 Å². The highest BCUT2D eigenvalue weighted by molar-refractivity contribution is 6.22. The summed E-state index contributed by atoms with van der Waals surface area (Å²) in [4.78, 5) is 66.5. The zero-order chi connectivity index (χ0) is 23.5. The highest BCUT2D eigenvalue weighted by Crippen LogP contribution is 2.24. The summed E-state index contributed by atoms with van der Waals surface area (Å²) < 4.78 is 0. The average molecular weight is 449 g/mol. The summed E-state index contributed by atoms with van der Waals surface area (Å²) in [6.07, 6.45) is 1.07. The van der Waals surface area contributed by atoms with Crippen LogP contribution in [0.2, 0.25) is 0 Å². The molecule has 1 N–H and O–H groups in total. The number of carbonyl (C=O) groups excluding carboxylic acids is 4. The van der Waals surface area contributed by atoms with E-state index in [2.05, 4.69) is 0 Å². The number of fused-ring (bicyclic) bond motifs is 1. The highest BCUT2D eigenvalue weighted by Gasteiger charge is 2.38. The number of para-hydroxylation sites is 1. The Morgan fingerprint density at radius 2 is 1.55 bits per heavy atom. The van der Waals surface area contributed by atoms with Crippen molar-refractivity contribution in [1.82, 2.24) is 9.80 Å². The number of anilines is 1. The van der Waals surface area contributed by atoms with Crippen LogP contribution in [0.15, 0.2) is 54.6 Å². The summed E-state index contributed by atoms with van der Waals surface area (Å²) in [7, 11) is 0. The Morgan fingerprint density at radius 1 is 0.939 bits per heavy atom. The first-order chi connectivity index (χ1) is 15.9. The Bertz CT molecular complexity index is 1080. The maximum absolute atomic E-state index is 13.2. The van der Waals surface area contributed by atoms with Crippen molar-refractivity contribution in [2.75, 3.05) is 31.1 Å². The van der Waals surface area contributed by atoms with Crippen molar-refractivity contribution < 1.29 is 29.1 Å². The Hall–Kier alpha value is -4.01. The number of benzene rings is 2. The quantitative estimate of drug-likeness (QED) is 0.671. The van der Waals surface area contributed by atoms with Gasteiger partial charge in [0, 0.05) is 18.8 Å². The van der Waals surface area contributed by atoms with Gasteiger partial charge < -0.3 is 14.9 Å². The van der Waals surface area contributed by atoms with E-state index in [9.17, 15) is 29.1 Å². The fraction of sp³-hybridized carbons (Fsp3) is 0.292. The monoisotopic (exact) mass is 449 g/mol. The minimum absolute atomic E-state index is 0.0867. The molecule has 1 fully saturated rings. The molecule has 4 rings (SSSR count). The minimum atomic E-state index is -0.950. The summed E-state index contributed by atoms with van der Waals surface area (Å²) in [6.45, 7) is -0.328. The van der Waals surface area contributed by atoms with E-state index in [4.69, 9.17) is 0 Å². The van der Waals surface area contributed by atoms with Crippen LogP contribution >= 0.6 is 0 Å². The van der Waals surface area contributed by atoms with E-state index in [0.717, 1.165) is 4.90 Å². The number of carboxylic acids is 1.